The Bertz CT molecular complexity index is 79.7. The van der Waals surface area contributed by atoms with Crippen molar-refractivity contribution in [2.75, 3.05) is 0 Å². The van der Waals surface area contributed by atoms with Crippen LogP contribution in [-0.2, 0) is 21.9 Å². The summed E-state index contributed by atoms with van der Waals surface area (Å²) in [6.07, 6.45) is 0. The Labute approximate surface area is 66.3 Å². The van der Waals surface area contributed by atoms with E-state index in [0.717, 1.165) is 0 Å². The van der Waals surface area contributed by atoms with Gasteiger partial charge in [-0.3, -0.25) is 0 Å². The molecule has 8 heavy (non-hydrogen) atoms. The first-order valence-corrected chi connectivity index (χ1v) is 3.10. The zero-order valence-electron chi connectivity index (χ0n) is 3.97. The van der Waals surface area contributed by atoms with Crippen molar-refractivity contribution in [1.82, 2.24) is 0 Å². The number of hydrogen-bond donors (Lipinski definition) is 2. The van der Waals surface area contributed by atoms with E-state index in [1.54, 1.807) is 0 Å². The van der Waals surface area contributed by atoms with Crippen molar-refractivity contribution in [2.45, 2.75) is 11.4 Å². The van der Waals surface area contributed by atoms with Crippen molar-refractivity contribution < 1.29 is 27.0 Å². The van der Waals surface area contributed by atoms with Gasteiger partial charge < -0.3 is 0 Å². The summed E-state index contributed by atoms with van der Waals surface area (Å²) in [5, 5.41) is 8.48. The van der Waals surface area contributed by atoms with Gasteiger partial charge in [0.15, 0.2) is 0 Å². The van der Waals surface area contributed by atoms with Crippen LogP contribution >= 0.6 is 0 Å². The van der Waals surface area contributed by atoms with Gasteiger partial charge >= 0.3 is 49.0 Å². The van der Waals surface area contributed by atoms with Crippen LogP contribution in [0.4, 0.5) is 0 Å². The van der Waals surface area contributed by atoms with E-state index >= 15 is 0 Å². The smallest absolute Gasteiger partial charge is 0 e. The van der Waals surface area contributed by atoms with E-state index in [2.05, 4.69) is 16.0 Å². The maximum atomic E-state index is 9.80. The van der Waals surface area contributed by atoms with E-state index < -0.39 is 12.0 Å². The molecule has 0 spiro atoms. The average molecular weight is 232 g/mol. The summed E-state index contributed by atoms with van der Waals surface area (Å²) < 4.78 is 0. The van der Waals surface area contributed by atoms with Gasteiger partial charge in [0.05, 0.1) is 0 Å². The van der Waals surface area contributed by atoms with Gasteiger partial charge in [0.2, 0.25) is 0 Å². The van der Waals surface area contributed by atoms with Gasteiger partial charge in [0, 0.05) is 17.1 Å². The third-order valence-electron chi connectivity index (χ3n) is 0.514. The predicted molar refractivity (Wildman–Crippen MR) is 27.6 cm³/mol. The second-order valence-corrected chi connectivity index (χ2v) is 1.89. The van der Waals surface area contributed by atoms with Gasteiger partial charge in [-0.1, -0.05) is 0 Å². The summed E-state index contributed by atoms with van der Waals surface area (Å²) in [7, 11) is 0. The molecule has 1 unspecified atom stereocenters. The van der Waals surface area contributed by atoms with Crippen molar-refractivity contribution in [3.8, 4) is 0 Å². The van der Waals surface area contributed by atoms with Crippen molar-refractivity contribution >= 4 is 22.0 Å². The van der Waals surface area contributed by atoms with Crippen molar-refractivity contribution in [3.63, 3.8) is 0 Å². The zero-order chi connectivity index (χ0) is 5.86. The third-order valence-corrected chi connectivity index (χ3v) is 1.34. The van der Waals surface area contributed by atoms with Crippen molar-refractivity contribution in [3.05, 3.63) is 0 Å². The molecule has 1 atom stereocenters. The largest absolute Gasteiger partial charge is 0 e. The van der Waals surface area contributed by atoms with E-state index in [1.807, 2.05) is 0 Å². The Morgan fingerprint density at radius 3 is 2.25 bits per heavy atom. The predicted octanol–water partition coefficient (Wildman–Crippen LogP) is -1.29. The fraction of sp³-hybridized carbons (Fsp3) is 0.667. The standard InChI is InChI=1S/C3H7NO2Se.Cu/c4-2(1-7)3(5)6;/h2,7H,1,4H2,(H,5,6);. The molecular formula is C3H7CuNO2Se. The van der Waals surface area contributed by atoms with E-state index in [1.165, 1.54) is 0 Å². The molecule has 1 radical (unpaired) electrons. The molecule has 0 saturated heterocycles. The molecule has 5 heteroatoms. The molecule has 3 nitrogen and oxygen atoms in total. The molecule has 3 N–H and O–H groups in total. The quantitative estimate of drug-likeness (QED) is 0.582. The molecular weight excluding hydrogens is 225 g/mol. The van der Waals surface area contributed by atoms with Crippen LogP contribution in [0.25, 0.3) is 0 Å². The maximum Gasteiger partial charge on any atom is 0 e. The molecule has 0 fully saturated rings. The van der Waals surface area contributed by atoms with Crippen LogP contribution in [0.5, 0.6) is 0 Å². The van der Waals surface area contributed by atoms with Crippen LogP contribution in [0.2, 0.25) is 5.32 Å². The summed E-state index contributed by atoms with van der Waals surface area (Å²) in [5.74, 6) is -0.944. The number of carbonyl (C=O) groups is 1. The molecule has 53 valence electrons. The number of rotatable bonds is 2. The molecule has 0 heterocycles. The number of hydrogen-bond acceptors (Lipinski definition) is 2. The molecule has 0 saturated carbocycles. The average Bonchev–Trinajstić information content (AvgIpc) is 1.65. The Kier molecular flexibility index (Phi) is 7.91. The van der Waals surface area contributed by atoms with E-state index in [-0.39, 0.29) is 17.1 Å². The first-order chi connectivity index (χ1) is 3.18. The SMILES string of the molecule is NC(C[SeH])C(=O)O.[Cu]. The summed E-state index contributed by atoms with van der Waals surface area (Å²) >= 11 is 2.13. The number of nitrogens with two attached hydrogens (primary N) is 1. The van der Waals surface area contributed by atoms with Gasteiger partial charge in [0.1, 0.15) is 0 Å². The van der Waals surface area contributed by atoms with Gasteiger partial charge in [-0.15, -0.1) is 0 Å². The molecule has 0 bridgehead atoms. The van der Waals surface area contributed by atoms with Gasteiger partial charge in [-0.05, 0) is 0 Å². The van der Waals surface area contributed by atoms with Gasteiger partial charge in [-0.2, -0.15) is 0 Å². The molecule has 0 amide bonds. The van der Waals surface area contributed by atoms with Crippen molar-refractivity contribution in [1.29, 1.82) is 0 Å². The molecule has 0 aliphatic carbocycles. The second kappa shape index (κ2) is 5.60. The minimum absolute atomic E-state index is 0. The van der Waals surface area contributed by atoms with Crippen LogP contribution in [0.1, 0.15) is 0 Å². The molecule has 0 aliphatic rings. The van der Waals surface area contributed by atoms with Gasteiger partial charge in [0.25, 0.3) is 0 Å². The third kappa shape index (κ3) is 4.62. The van der Waals surface area contributed by atoms with Crippen LogP contribution in [0.3, 0.4) is 0 Å². The number of aliphatic carboxylic acids is 1. The summed E-state index contributed by atoms with van der Waals surface area (Å²) in [6.45, 7) is 0. The van der Waals surface area contributed by atoms with E-state index in [4.69, 9.17) is 10.8 Å². The van der Waals surface area contributed by atoms with Crippen LogP contribution in [0, 0.1) is 0 Å². The molecule has 0 aromatic rings. The van der Waals surface area contributed by atoms with Gasteiger partial charge in [-0.25, -0.2) is 0 Å². The summed E-state index contributed by atoms with van der Waals surface area (Å²) in [6, 6.07) is -0.708. The first kappa shape index (κ1) is 11.3. The van der Waals surface area contributed by atoms with Crippen LogP contribution < -0.4 is 5.73 Å². The van der Waals surface area contributed by atoms with Crippen molar-refractivity contribution in [2.24, 2.45) is 5.73 Å². The fourth-order valence-corrected chi connectivity index (χ4v) is 0.406. The Hall–Kier alpha value is 0.469. The Balaban J connectivity index is 0. The maximum absolute atomic E-state index is 9.80. The van der Waals surface area contributed by atoms with E-state index in [0.29, 0.717) is 5.32 Å². The number of carboxylic acid groups (broad SMARTS) is 1. The normalized spacial score (nSPS) is 11.8. The molecule has 0 rings (SSSR count). The topological polar surface area (TPSA) is 63.3 Å². The number of carboxylic acids is 1. The molecule has 0 aromatic carbocycles. The zero-order valence-corrected chi connectivity index (χ0v) is 6.78. The molecule has 0 aliphatic heterocycles. The minimum atomic E-state index is -0.944. The van der Waals surface area contributed by atoms with Crippen LogP contribution in [-0.4, -0.2) is 33.1 Å². The van der Waals surface area contributed by atoms with Crippen LogP contribution in [0.15, 0.2) is 0 Å². The second-order valence-electron chi connectivity index (χ2n) is 1.13. The fourth-order valence-electron chi connectivity index (χ4n) is 0.0781. The first-order valence-electron chi connectivity index (χ1n) is 1.77. The minimum Gasteiger partial charge on any atom is 0 e. The Morgan fingerprint density at radius 2 is 2.25 bits per heavy atom. The van der Waals surface area contributed by atoms with E-state index in [9.17, 15) is 4.79 Å². The monoisotopic (exact) mass is 232 g/mol. The Morgan fingerprint density at radius 1 is 1.88 bits per heavy atom. The summed E-state index contributed by atoms with van der Waals surface area (Å²) in [5.41, 5.74) is 5.00. The molecule has 0 aromatic heterocycles. The summed E-state index contributed by atoms with van der Waals surface area (Å²) in [4.78, 5) is 9.80.